The Morgan fingerprint density at radius 1 is 1.50 bits per heavy atom. The lowest BCUT2D eigenvalue weighted by Gasteiger charge is -2.04. The molecule has 2 rings (SSSR count). The summed E-state index contributed by atoms with van der Waals surface area (Å²) in [5.74, 6) is 1.45. The number of aromatic nitrogens is 2. The first-order valence-corrected chi connectivity index (χ1v) is 6.20. The number of thioether (sulfide) groups is 1. The molecule has 0 radical (unpaired) electrons. The normalized spacial score (nSPS) is 14.8. The van der Waals surface area contributed by atoms with Crippen LogP contribution in [-0.4, -0.2) is 28.2 Å². The number of rotatable bonds is 5. The molecule has 0 spiro atoms. The van der Waals surface area contributed by atoms with E-state index in [1.807, 2.05) is 0 Å². The average Bonchev–Trinajstić information content (AvgIpc) is 3.09. The van der Waals surface area contributed by atoms with Gasteiger partial charge < -0.3 is 11.1 Å². The minimum absolute atomic E-state index is 0.0296. The Hall–Kier alpha value is -1.30. The van der Waals surface area contributed by atoms with E-state index >= 15 is 0 Å². The lowest BCUT2D eigenvalue weighted by Crippen LogP contribution is -2.27. The van der Waals surface area contributed by atoms with Crippen LogP contribution in [0.5, 0.6) is 0 Å². The molecule has 0 aromatic carbocycles. The van der Waals surface area contributed by atoms with Crippen molar-refractivity contribution in [3.63, 3.8) is 0 Å². The summed E-state index contributed by atoms with van der Waals surface area (Å²) in [4.78, 5) is 19.4. The van der Waals surface area contributed by atoms with Crippen molar-refractivity contribution in [2.45, 2.75) is 17.9 Å². The minimum atomic E-state index is 0.0296. The molecule has 1 amide bonds. The summed E-state index contributed by atoms with van der Waals surface area (Å²) >= 11 is 1.32. The summed E-state index contributed by atoms with van der Waals surface area (Å²) in [6.07, 6.45) is 5.59. The topological polar surface area (TPSA) is 80.9 Å². The number of nitrogens with zero attached hydrogens (tertiary/aromatic N) is 2. The molecule has 1 aromatic rings. The van der Waals surface area contributed by atoms with Gasteiger partial charge in [0.2, 0.25) is 5.91 Å². The molecule has 1 aliphatic rings. The van der Waals surface area contributed by atoms with E-state index in [1.54, 1.807) is 6.20 Å². The third kappa shape index (κ3) is 3.37. The van der Waals surface area contributed by atoms with Crippen molar-refractivity contribution in [1.82, 2.24) is 15.3 Å². The van der Waals surface area contributed by atoms with Crippen LogP contribution in [0.3, 0.4) is 0 Å². The van der Waals surface area contributed by atoms with Gasteiger partial charge in [0.1, 0.15) is 5.03 Å². The molecule has 1 heterocycles. The molecule has 1 fully saturated rings. The van der Waals surface area contributed by atoms with Crippen LogP contribution in [0.2, 0.25) is 0 Å². The molecule has 1 saturated carbocycles. The predicted molar refractivity (Wildman–Crippen MR) is 62.9 cm³/mol. The van der Waals surface area contributed by atoms with Crippen LogP contribution >= 0.6 is 11.8 Å². The quantitative estimate of drug-likeness (QED) is 0.737. The molecule has 6 heteroatoms. The number of carbonyl (C=O) groups excluding carboxylic acids is 1. The molecule has 16 heavy (non-hydrogen) atoms. The van der Waals surface area contributed by atoms with Crippen LogP contribution in [0.25, 0.3) is 0 Å². The molecule has 1 aliphatic carbocycles. The molecule has 0 unspecified atom stereocenters. The number of carbonyl (C=O) groups is 1. The zero-order valence-electron chi connectivity index (χ0n) is 8.85. The maximum absolute atomic E-state index is 11.4. The first kappa shape index (κ1) is 11.2. The van der Waals surface area contributed by atoms with Gasteiger partial charge in [-0.2, -0.15) is 0 Å². The van der Waals surface area contributed by atoms with E-state index in [0.717, 1.165) is 6.54 Å². The third-order valence-corrected chi connectivity index (χ3v) is 3.31. The van der Waals surface area contributed by atoms with E-state index in [-0.39, 0.29) is 5.91 Å². The zero-order chi connectivity index (χ0) is 11.4. The van der Waals surface area contributed by atoms with Gasteiger partial charge in [-0.3, -0.25) is 4.79 Å². The Bertz CT molecular complexity index is 381. The van der Waals surface area contributed by atoms with Crippen molar-refractivity contribution in [2.75, 3.05) is 18.0 Å². The first-order valence-electron chi connectivity index (χ1n) is 5.21. The van der Waals surface area contributed by atoms with Crippen LogP contribution in [0.4, 0.5) is 5.82 Å². The predicted octanol–water partition coefficient (Wildman–Crippen LogP) is 0.677. The molecular weight excluding hydrogens is 224 g/mol. The van der Waals surface area contributed by atoms with E-state index < -0.39 is 0 Å². The van der Waals surface area contributed by atoms with Crippen LogP contribution in [0.1, 0.15) is 12.8 Å². The Balaban J connectivity index is 1.73. The van der Waals surface area contributed by atoms with Crippen LogP contribution in [0.15, 0.2) is 17.4 Å². The summed E-state index contributed by atoms with van der Waals surface area (Å²) in [7, 11) is 0. The van der Waals surface area contributed by atoms with Crippen molar-refractivity contribution in [1.29, 1.82) is 0 Å². The van der Waals surface area contributed by atoms with E-state index in [9.17, 15) is 4.79 Å². The third-order valence-electron chi connectivity index (χ3n) is 2.32. The molecule has 1 aromatic heterocycles. The number of anilines is 1. The fourth-order valence-corrected chi connectivity index (χ4v) is 1.92. The lowest BCUT2D eigenvalue weighted by molar-refractivity contribution is -0.118. The van der Waals surface area contributed by atoms with Crippen molar-refractivity contribution in [3.05, 3.63) is 12.4 Å². The van der Waals surface area contributed by atoms with Gasteiger partial charge >= 0.3 is 0 Å². The summed E-state index contributed by atoms with van der Waals surface area (Å²) < 4.78 is 0. The molecular formula is C10H14N4OS. The highest BCUT2D eigenvalue weighted by Gasteiger charge is 2.21. The highest BCUT2D eigenvalue weighted by Crippen LogP contribution is 2.27. The van der Waals surface area contributed by atoms with Gasteiger partial charge in [0, 0.05) is 18.9 Å². The number of nitrogens with one attached hydrogen (secondary N) is 1. The smallest absolute Gasteiger partial charge is 0.230 e. The van der Waals surface area contributed by atoms with Gasteiger partial charge in [-0.1, -0.05) is 11.8 Å². The SMILES string of the molecule is Nc1nccnc1SCC(=O)NCC1CC1. The van der Waals surface area contributed by atoms with Gasteiger partial charge in [-0.25, -0.2) is 9.97 Å². The van der Waals surface area contributed by atoms with E-state index in [2.05, 4.69) is 15.3 Å². The number of nitrogen functional groups attached to an aromatic ring is 1. The summed E-state index contributed by atoms with van der Waals surface area (Å²) in [6, 6.07) is 0. The van der Waals surface area contributed by atoms with E-state index in [0.29, 0.717) is 22.5 Å². The Kier molecular flexibility index (Phi) is 3.61. The van der Waals surface area contributed by atoms with Gasteiger partial charge in [-0.05, 0) is 18.8 Å². The molecule has 0 aliphatic heterocycles. The zero-order valence-corrected chi connectivity index (χ0v) is 9.67. The minimum Gasteiger partial charge on any atom is -0.381 e. The van der Waals surface area contributed by atoms with E-state index in [4.69, 9.17) is 5.73 Å². The van der Waals surface area contributed by atoms with Crippen molar-refractivity contribution in [2.24, 2.45) is 5.92 Å². The molecule has 0 saturated heterocycles. The second-order valence-electron chi connectivity index (χ2n) is 3.78. The lowest BCUT2D eigenvalue weighted by atomic mass is 10.4. The second kappa shape index (κ2) is 5.16. The van der Waals surface area contributed by atoms with Crippen LogP contribution < -0.4 is 11.1 Å². The van der Waals surface area contributed by atoms with Crippen LogP contribution in [0, 0.1) is 5.92 Å². The number of hydrogen-bond donors (Lipinski definition) is 2. The fraction of sp³-hybridized carbons (Fsp3) is 0.500. The van der Waals surface area contributed by atoms with Crippen LogP contribution in [-0.2, 0) is 4.79 Å². The molecule has 0 atom stereocenters. The maximum Gasteiger partial charge on any atom is 0.230 e. The maximum atomic E-state index is 11.4. The fourth-order valence-electron chi connectivity index (χ4n) is 1.21. The Morgan fingerprint density at radius 3 is 2.94 bits per heavy atom. The van der Waals surface area contributed by atoms with Crippen molar-refractivity contribution >= 4 is 23.5 Å². The summed E-state index contributed by atoms with van der Waals surface area (Å²) in [5.41, 5.74) is 5.61. The molecule has 0 bridgehead atoms. The monoisotopic (exact) mass is 238 g/mol. The summed E-state index contributed by atoms with van der Waals surface area (Å²) in [5, 5.41) is 3.50. The summed E-state index contributed by atoms with van der Waals surface area (Å²) in [6.45, 7) is 0.801. The standard InChI is InChI=1S/C10H14N4OS/c11-9-10(13-4-3-12-9)16-6-8(15)14-5-7-1-2-7/h3-4,7H,1-2,5-6H2,(H2,11,12)(H,14,15). The number of hydrogen-bond acceptors (Lipinski definition) is 5. The van der Waals surface area contributed by atoms with E-state index in [1.165, 1.54) is 30.8 Å². The largest absolute Gasteiger partial charge is 0.381 e. The van der Waals surface area contributed by atoms with Gasteiger partial charge in [0.25, 0.3) is 0 Å². The van der Waals surface area contributed by atoms with Gasteiger partial charge in [0.15, 0.2) is 5.82 Å². The average molecular weight is 238 g/mol. The second-order valence-corrected chi connectivity index (χ2v) is 4.75. The van der Waals surface area contributed by atoms with Gasteiger partial charge in [0.05, 0.1) is 5.75 Å². The number of amides is 1. The molecule has 86 valence electrons. The molecule has 5 nitrogen and oxygen atoms in total. The van der Waals surface area contributed by atoms with Crippen molar-refractivity contribution < 1.29 is 4.79 Å². The number of nitrogens with two attached hydrogens (primary N) is 1. The Labute approximate surface area is 98.2 Å². The first-order chi connectivity index (χ1) is 7.75. The Morgan fingerprint density at radius 2 is 2.25 bits per heavy atom. The van der Waals surface area contributed by atoms with Gasteiger partial charge in [-0.15, -0.1) is 0 Å². The highest BCUT2D eigenvalue weighted by atomic mass is 32.2. The molecule has 3 N–H and O–H groups in total. The highest BCUT2D eigenvalue weighted by molar-refractivity contribution is 8.00. The van der Waals surface area contributed by atoms with Crippen molar-refractivity contribution in [3.8, 4) is 0 Å².